The van der Waals surface area contributed by atoms with Crippen molar-refractivity contribution in [3.63, 3.8) is 0 Å². The van der Waals surface area contributed by atoms with Crippen molar-refractivity contribution in [1.82, 2.24) is 5.43 Å². The Labute approximate surface area is 131 Å². The van der Waals surface area contributed by atoms with Gasteiger partial charge in [0.25, 0.3) is 0 Å². The first-order valence-electron chi connectivity index (χ1n) is 6.81. The fraction of sp³-hybridized carbons (Fsp3) is 0.600. The zero-order chi connectivity index (χ0) is 15.3. The Bertz CT molecular complexity index is 432. The van der Waals surface area contributed by atoms with Gasteiger partial charge in [-0.1, -0.05) is 56.1 Å². The molecule has 0 aromatic heterocycles. The van der Waals surface area contributed by atoms with Crippen LogP contribution >= 0.6 is 23.2 Å². The molecule has 0 bridgehead atoms. The van der Waals surface area contributed by atoms with Crippen LogP contribution in [0.1, 0.15) is 33.3 Å². The molecule has 0 aliphatic carbocycles. The van der Waals surface area contributed by atoms with Crippen LogP contribution in [0.2, 0.25) is 10.0 Å². The van der Waals surface area contributed by atoms with Gasteiger partial charge in [-0.15, -0.1) is 0 Å². The molecule has 5 heteroatoms. The number of hydrazine groups is 1. The molecule has 0 spiro atoms. The first-order valence-corrected chi connectivity index (χ1v) is 7.57. The summed E-state index contributed by atoms with van der Waals surface area (Å²) in [5.74, 6) is 5.73. The lowest BCUT2D eigenvalue weighted by Crippen LogP contribution is -2.52. The lowest BCUT2D eigenvalue weighted by atomic mass is 9.82. The average Bonchev–Trinajstić information content (AvgIpc) is 2.37. The van der Waals surface area contributed by atoms with Crippen LogP contribution in [-0.2, 0) is 11.2 Å². The number of benzene rings is 1. The SMILES string of the molecule is CCOC(C(Cc1cccc(Cl)c1Cl)NN)C(C)(C)C. The molecular formula is C15H24Cl2N2O. The predicted molar refractivity (Wildman–Crippen MR) is 86.1 cm³/mol. The van der Waals surface area contributed by atoms with Crippen LogP contribution in [0, 0.1) is 5.41 Å². The topological polar surface area (TPSA) is 47.3 Å². The molecule has 0 saturated carbocycles. The van der Waals surface area contributed by atoms with E-state index >= 15 is 0 Å². The molecule has 0 fully saturated rings. The number of nitrogens with one attached hydrogen (secondary N) is 1. The normalized spacial score (nSPS) is 15.2. The van der Waals surface area contributed by atoms with E-state index < -0.39 is 0 Å². The van der Waals surface area contributed by atoms with Gasteiger partial charge in [-0.05, 0) is 30.4 Å². The maximum Gasteiger partial charge on any atom is 0.0792 e. The van der Waals surface area contributed by atoms with Crippen LogP contribution in [-0.4, -0.2) is 18.8 Å². The number of hydrogen-bond donors (Lipinski definition) is 2. The van der Waals surface area contributed by atoms with Crippen LogP contribution in [0.15, 0.2) is 18.2 Å². The van der Waals surface area contributed by atoms with Crippen molar-refractivity contribution in [2.75, 3.05) is 6.61 Å². The summed E-state index contributed by atoms with van der Waals surface area (Å²) in [5.41, 5.74) is 3.80. The Morgan fingerprint density at radius 1 is 1.30 bits per heavy atom. The number of rotatable bonds is 6. The summed E-state index contributed by atoms with van der Waals surface area (Å²) >= 11 is 12.3. The van der Waals surface area contributed by atoms with Crippen LogP contribution in [0.4, 0.5) is 0 Å². The maximum absolute atomic E-state index is 6.25. The van der Waals surface area contributed by atoms with E-state index in [0.717, 1.165) is 5.56 Å². The molecule has 114 valence electrons. The van der Waals surface area contributed by atoms with Crippen molar-refractivity contribution in [2.24, 2.45) is 11.3 Å². The second-order valence-electron chi connectivity index (χ2n) is 5.93. The van der Waals surface area contributed by atoms with Gasteiger partial charge in [0.15, 0.2) is 0 Å². The van der Waals surface area contributed by atoms with E-state index in [1.165, 1.54) is 0 Å². The molecule has 3 nitrogen and oxygen atoms in total. The second-order valence-corrected chi connectivity index (χ2v) is 6.72. The first-order chi connectivity index (χ1) is 9.31. The van der Waals surface area contributed by atoms with Gasteiger partial charge in [-0.2, -0.15) is 0 Å². The molecule has 20 heavy (non-hydrogen) atoms. The van der Waals surface area contributed by atoms with Crippen molar-refractivity contribution in [1.29, 1.82) is 0 Å². The van der Waals surface area contributed by atoms with Crippen molar-refractivity contribution in [3.8, 4) is 0 Å². The Kier molecular flexibility index (Phi) is 6.76. The lowest BCUT2D eigenvalue weighted by molar-refractivity contribution is -0.0356. The van der Waals surface area contributed by atoms with Gasteiger partial charge in [0, 0.05) is 6.61 Å². The fourth-order valence-corrected chi connectivity index (χ4v) is 2.74. The molecule has 0 aliphatic rings. The molecule has 1 aromatic rings. The smallest absolute Gasteiger partial charge is 0.0792 e. The fourth-order valence-electron chi connectivity index (χ4n) is 2.35. The van der Waals surface area contributed by atoms with Crippen molar-refractivity contribution in [2.45, 2.75) is 46.3 Å². The molecule has 2 atom stereocenters. The number of ether oxygens (including phenoxy) is 1. The van der Waals surface area contributed by atoms with Crippen LogP contribution < -0.4 is 11.3 Å². The van der Waals surface area contributed by atoms with E-state index in [2.05, 4.69) is 26.2 Å². The van der Waals surface area contributed by atoms with Gasteiger partial charge < -0.3 is 4.74 Å². The molecule has 3 N–H and O–H groups in total. The average molecular weight is 319 g/mol. The minimum atomic E-state index is -0.0362. The number of hydrogen-bond acceptors (Lipinski definition) is 3. The lowest BCUT2D eigenvalue weighted by Gasteiger charge is -2.36. The molecule has 0 amide bonds. The number of halogens is 2. The van der Waals surface area contributed by atoms with E-state index in [-0.39, 0.29) is 17.6 Å². The van der Waals surface area contributed by atoms with E-state index in [0.29, 0.717) is 23.1 Å². The van der Waals surface area contributed by atoms with Gasteiger partial charge in [-0.25, -0.2) is 0 Å². The summed E-state index contributed by atoms with van der Waals surface area (Å²) in [5, 5.41) is 1.14. The minimum Gasteiger partial charge on any atom is -0.376 e. The summed E-state index contributed by atoms with van der Waals surface area (Å²) in [7, 11) is 0. The van der Waals surface area contributed by atoms with E-state index in [4.69, 9.17) is 33.8 Å². The molecule has 1 rings (SSSR count). The quantitative estimate of drug-likeness (QED) is 0.619. The molecule has 0 heterocycles. The summed E-state index contributed by atoms with van der Waals surface area (Å²) in [6, 6.07) is 5.60. The van der Waals surface area contributed by atoms with E-state index in [1.54, 1.807) is 6.07 Å². The molecule has 0 saturated heterocycles. The van der Waals surface area contributed by atoms with Crippen molar-refractivity contribution >= 4 is 23.2 Å². The molecule has 0 aliphatic heterocycles. The highest BCUT2D eigenvalue weighted by molar-refractivity contribution is 6.42. The Morgan fingerprint density at radius 2 is 1.95 bits per heavy atom. The highest BCUT2D eigenvalue weighted by Crippen LogP contribution is 2.30. The summed E-state index contributed by atoms with van der Waals surface area (Å²) in [4.78, 5) is 0. The molecular weight excluding hydrogens is 295 g/mol. The zero-order valence-corrected chi connectivity index (χ0v) is 14.1. The van der Waals surface area contributed by atoms with E-state index in [1.807, 2.05) is 19.1 Å². The van der Waals surface area contributed by atoms with Crippen molar-refractivity contribution < 1.29 is 4.74 Å². The number of nitrogens with two attached hydrogens (primary N) is 1. The van der Waals surface area contributed by atoms with Crippen LogP contribution in [0.25, 0.3) is 0 Å². The van der Waals surface area contributed by atoms with E-state index in [9.17, 15) is 0 Å². The monoisotopic (exact) mass is 318 g/mol. The van der Waals surface area contributed by atoms with Gasteiger partial charge in [0.2, 0.25) is 0 Å². The minimum absolute atomic E-state index is 0.0208. The first kappa shape index (κ1) is 17.7. The third-order valence-electron chi connectivity index (χ3n) is 3.25. The van der Waals surface area contributed by atoms with Gasteiger partial charge in [0.05, 0.1) is 22.2 Å². The zero-order valence-electron chi connectivity index (χ0n) is 12.5. The predicted octanol–water partition coefficient (Wildman–Crippen LogP) is 3.82. The largest absolute Gasteiger partial charge is 0.376 e. The molecule has 0 radical (unpaired) electrons. The molecule has 2 unspecified atom stereocenters. The van der Waals surface area contributed by atoms with Gasteiger partial charge in [0.1, 0.15) is 0 Å². The Balaban J connectivity index is 2.97. The van der Waals surface area contributed by atoms with Crippen LogP contribution in [0.3, 0.4) is 0 Å². The third kappa shape index (κ3) is 4.61. The van der Waals surface area contributed by atoms with Crippen molar-refractivity contribution in [3.05, 3.63) is 33.8 Å². The summed E-state index contributed by atoms with van der Waals surface area (Å²) < 4.78 is 5.88. The second kappa shape index (κ2) is 7.62. The Hall–Kier alpha value is -0.320. The van der Waals surface area contributed by atoms with Crippen LogP contribution in [0.5, 0.6) is 0 Å². The Morgan fingerprint density at radius 3 is 2.45 bits per heavy atom. The molecule has 1 aromatic carbocycles. The summed E-state index contributed by atoms with van der Waals surface area (Å²) in [6.07, 6.45) is 0.644. The highest BCUT2D eigenvalue weighted by Gasteiger charge is 2.32. The van der Waals surface area contributed by atoms with Gasteiger partial charge >= 0.3 is 0 Å². The third-order valence-corrected chi connectivity index (χ3v) is 4.11. The summed E-state index contributed by atoms with van der Waals surface area (Å²) in [6.45, 7) is 9.04. The highest BCUT2D eigenvalue weighted by atomic mass is 35.5. The maximum atomic E-state index is 6.25. The standard InChI is InChI=1S/C15H24Cl2N2O/c1-5-20-14(15(2,3)4)12(19-18)9-10-7-6-8-11(16)13(10)17/h6-8,12,14,19H,5,9,18H2,1-4H3. The van der Waals surface area contributed by atoms with Gasteiger partial charge in [-0.3, -0.25) is 11.3 Å².